The van der Waals surface area contributed by atoms with Crippen molar-refractivity contribution in [3.05, 3.63) is 70.9 Å². The SMILES string of the molecule is Cc1ccc(NC(=O)CN(C)C(=O)COC(=O)c2c3c(nc4ccccc24)CCC3)cc1. The number of fused-ring (bicyclic) bond motifs is 2. The first kappa shape index (κ1) is 21.5. The number of esters is 1. The predicted molar refractivity (Wildman–Crippen MR) is 121 cm³/mol. The maximum absolute atomic E-state index is 12.9. The van der Waals surface area contributed by atoms with Gasteiger partial charge in [-0.25, -0.2) is 4.79 Å². The van der Waals surface area contributed by atoms with E-state index < -0.39 is 18.5 Å². The van der Waals surface area contributed by atoms with Crippen molar-refractivity contribution in [1.29, 1.82) is 0 Å². The number of pyridine rings is 1. The number of nitrogens with zero attached hydrogens (tertiary/aromatic N) is 2. The van der Waals surface area contributed by atoms with Crippen LogP contribution in [0.1, 0.15) is 33.6 Å². The van der Waals surface area contributed by atoms with Crippen LogP contribution in [0.3, 0.4) is 0 Å². The van der Waals surface area contributed by atoms with Gasteiger partial charge in [-0.1, -0.05) is 35.9 Å². The van der Waals surface area contributed by atoms with E-state index in [0.29, 0.717) is 11.3 Å². The van der Waals surface area contributed by atoms with E-state index in [0.717, 1.165) is 47.0 Å². The fourth-order valence-electron chi connectivity index (χ4n) is 3.89. The number of anilines is 1. The fourth-order valence-corrected chi connectivity index (χ4v) is 3.89. The molecule has 3 aromatic rings. The number of ether oxygens (including phenoxy) is 1. The van der Waals surface area contributed by atoms with Gasteiger partial charge in [0.05, 0.1) is 17.6 Å². The van der Waals surface area contributed by atoms with Crippen molar-refractivity contribution in [1.82, 2.24) is 9.88 Å². The third-order valence-corrected chi connectivity index (χ3v) is 5.59. The maximum Gasteiger partial charge on any atom is 0.339 e. The number of carbonyl (C=O) groups is 3. The van der Waals surface area contributed by atoms with Gasteiger partial charge in [0.2, 0.25) is 5.91 Å². The second-order valence-electron chi connectivity index (χ2n) is 8.02. The molecule has 7 heteroatoms. The third kappa shape index (κ3) is 4.61. The number of hydrogen-bond acceptors (Lipinski definition) is 5. The summed E-state index contributed by atoms with van der Waals surface area (Å²) < 4.78 is 5.37. The number of para-hydroxylation sites is 1. The average molecular weight is 431 g/mol. The highest BCUT2D eigenvalue weighted by molar-refractivity contribution is 6.05. The predicted octanol–water partition coefficient (Wildman–Crippen LogP) is 3.29. The van der Waals surface area contributed by atoms with E-state index in [1.807, 2.05) is 43.3 Å². The Balaban J connectivity index is 1.38. The number of nitrogens with one attached hydrogen (secondary N) is 1. The van der Waals surface area contributed by atoms with Crippen molar-refractivity contribution < 1.29 is 19.1 Å². The van der Waals surface area contributed by atoms with Crippen LogP contribution in [0.15, 0.2) is 48.5 Å². The largest absolute Gasteiger partial charge is 0.452 e. The molecule has 2 aromatic carbocycles. The van der Waals surface area contributed by atoms with Gasteiger partial charge in [-0.05, 0) is 49.9 Å². The van der Waals surface area contributed by atoms with Crippen molar-refractivity contribution in [3.8, 4) is 0 Å². The molecule has 1 aromatic heterocycles. The normalized spacial score (nSPS) is 12.3. The molecule has 0 aliphatic heterocycles. The zero-order valence-corrected chi connectivity index (χ0v) is 18.2. The summed E-state index contributed by atoms with van der Waals surface area (Å²) in [4.78, 5) is 43.5. The summed E-state index contributed by atoms with van der Waals surface area (Å²) >= 11 is 0. The Morgan fingerprint density at radius 1 is 1.06 bits per heavy atom. The van der Waals surface area contributed by atoms with Gasteiger partial charge in [-0.15, -0.1) is 0 Å². The zero-order valence-electron chi connectivity index (χ0n) is 18.2. The van der Waals surface area contributed by atoms with Crippen LogP contribution in [-0.2, 0) is 27.2 Å². The van der Waals surface area contributed by atoms with Crippen molar-refractivity contribution in [3.63, 3.8) is 0 Å². The van der Waals surface area contributed by atoms with Crippen LogP contribution >= 0.6 is 0 Å². The van der Waals surface area contributed by atoms with Crippen LogP contribution in [0.25, 0.3) is 10.9 Å². The minimum atomic E-state index is -0.535. The van der Waals surface area contributed by atoms with Gasteiger partial charge >= 0.3 is 5.97 Å². The number of amides is 2. The molecule has 0 radical (unpaired) electrons. The minimum absolute atomic E-state index is 0.141. The molecule has 0 atom stereocenters. The molecule has 32 heavy (non-hydrogen) atoms. The molecule has 1 heterocycles. The Labute approximate surface area is 186 Å². The number of benzene rings is 2. The molecule has 0 saturated heterocycles. The van der Waals surface area contributed by atoms with Crippen molar-refractivity contribution in [2.24, 2.45) is 0 Å². The summed E-state index contributed by atoms with van der Waals surface area (Å²) in [6.07, 6.45) is 2.54. The maximum atomic E-state index is 12.9. The van der Waals surface area contributed by atoms with Crippen LogP contribution in [0.4, 0.5) is 5.69 Å². The summed E-state index contributed by atoms with van der Waals surface area (Å²) in [7, 11) is 1.50. The standard InChI is InChI=1S/C25H25N3O4/c1-16-10-12-17(13-11-16)26-22(29)14-28(2)23(30)15-32-25(31)24-18-6-3-4-8-20(18)27-21-9-5-7-19(21)24/h3-4,6,8,10-13H,5,7,9,14-15H2,1-2H3,(H,26,29). The molecule has 0 unspecified atom stereocenters. The molecule has 0 fully saturated rings. The Morgan fingerprint density at radius 3 is 2.59 bits per heavy atom. The van der Waals surface area contributed by atoms with Crippen LogP contribution in [0.2, 0.25) is 0 Å². The lowest BCUT2D eigenvalue weighted by molar-refractivity contribution is -0.136. The number of hydrogen-bond donors (Lipinski definition) is 1. The van der Waals surface area contributed by atoms with Crippen LogP contribution in [0, 0.1) is 6.92 Å². The molecule has 7 nitrogen and oxygen atoms in total. The van der Waals surface area contributed by atoms with Gasteiger partial charge in [0.1, 0.15) is 0 Å². The van der Waals surface area contributed by atoms with E-state index >= 15 is 0 Å². The molecule has 164 valence electrons. The molecule has 1 aliphatic rings. The average Bonchev–Trinajstić information content (AvgIpc) is 3.25. The number of carbonyl (C=O) groups excluding carboxylic acids is 3. The van der Waals surface area contributed by atoms with Gasteiger partial charge in [0.25, 0.3) is 5.91 Å². The highest BCUT2D eigenvalue weighted by Crippen LogP contribution is 2.30. The lowest BCUT2D eigenvalue weighted by atomic mass is 10.0. The minimum Gasteiger partial charge on any atom is -0.452 e. The Morgan fingerprint density at radius 2 is 1.81 bits per heavy atom. The highest BCUT2D eigenvalue weighted by atomic mass is 16.5. The van der Waals surface area contributed by atoms with E-state index in [9.17, 15) is 14.4 Å². The van der Waals surface area contributed by atoms with Crippen molar-refractivity contribution >= 4 is 34.4 Å². The number of likely N-dealkylation sites (N-methyl/N-ethyl adjacent to an activating group) is 1. The highest BCUT2D eigenvalue weighted by Gasteiger charge is 2.25. The Hall–Kier alpha value is -3.74. The summed E-state index contributed by atoms with van der Waals surface area (Å²) in [6.45, 7) is 1.39. The van der Waals surface area contributed by atoms with Crippen molar-refractivity contribution in [2.45, 2.75) is 26.2 Å². The molecular weight excluding hydrogens is 406 g/mol. The van der Waals surface area contributed by atoms with Crippen molar-refractivity contribution in [2.75, 3.05) is 25.5 Å². The van der Waals surface area contributed by atoms with Gasteiger partial charge in [0.15, 0.2) is 6.61 Å². The van der Waals surface area contributed by atoms with Crippen LogP contribution < -0.4 is 5.32 Å². The van der Waals surface area contributed by atoms with E-state index in [2.05, 4.69) is 10.3 Å². The van der Waals surface area contributed by atoms with E-state index in [-0.39, 0.29) is 12.5 Å². The second-order valence-corrected chi connectivity index (χ2v) is 8.02. The molecule has 0 spiro atoms. The smallest absolute Gasteiger partial charge is 0.339 e. The molecule has 1 N–H and O–H groups in total. The Kier molecular flexibility index (Phi) is 6.16. The molecule has 4 rings (SSSR count). The third-order valence-electron chi connectivity index (χ3n) is 5.59. The quantitative estimate of drug-likeness (QED) is 0.605. The summed E-state index contributed by atoms with van der Waals surface area (Å²) in [5, 5.41) is 3.48. The number of aromatic nitrogens is 1. The first-order valence-electron chi connectivity index (χ1n) is 10.6. The van der Waals surface area contributed by atoms with Gasteiger partial charge < -0.3 is 15.0 Å². The van der Waals surface area contributed by atoms with Crippen LogP contribution in [-0.4, -0.2) is 47.9 Å². The van der Waals surface area contributed by atoms with E-state index in [1.54, 1.807) is 12.1 Å². The van der Waals surface area contributed by atoms with E-state index in [4.69, 9.17) is 4.74 Å². The molecule has 1 aliphatic carbocycles. The Bertz CT molecular complexity index is 1190. The summed E-state index contributed by atoms with van der Waals surface area (Å²) in [5.74, 6) is -1.31. The van der Waals surface area contributed by atoms with Gasteiger partial charge in [0, 0.05) is 23.8 Å². The first-order valence-corrected chi connectivity index (χ1v) is 10.6. The molecule has 0 bridgehead atoms. The van der Waals surface area contributed by atoms with Gasteiger partial charge in [-0.3, -0.25) is 14.6 Å². The molecular formula is C25H25N3O4. The second kappa shape index (κ2) is 9.18. The molecule has 0 saturated carbocycles. The van der Waals surface area contributed by atoms with E-state index in [1.165, 1.54) is 11.9 Å². The van der Waals surface area contributed by atoms with Gasteiger partial charge in [-0.2, -0.15) is 0 Å². The summed E-state index contributed by atoms with van der Waals surface area (Å²) in [6, 6.07) is 14.8. The monoisotopic (exact) mass is 431 g/mol. The molecule has 2 amide bonds. The summed E-state index contributed by atoms with van der Waals surface area (Å²) in [5.41, 5.74) is 4.82. The lowest BCUT2D eigenvalue weighted by Gasteiger charge is -2.17. The lowest BCUT2D eigenvalue weighted by Crippen LogP contribution is -2.37. The fraction of sp³-hybridized carbons (Fsp3) is 0.280. The number of rotatable bonds is 6. The number of aryl methyl sites for hydroxylation is 2. The topological polar surface area (TPSA) is 88.6 Å². The zero-order chi connectivity index (χ0) is 22.7. The van der Waals surface area contributed by atoms with Crippen LogP contribution in [0.5, 0.6) is 0 Å². The first-order chi connectivity index (χ1) is 15.4.